The number of ether oxygens (including phenoxy) is 8. The molecule has 586 valence electrons. The summed E-state index contributed by atoms with van der Waals surface area (Å²) in [5, 5.41) is 4.92. The molecule has 0 spiro atoms. The van der Waals surface area contributed by atoms with Crippen molar-refractivity contribution in [2.75, 3.05) is 26.4 Å². The number of esters is 6. The van der Waals surface area contributed by atoms with Gasteiger partial charge in [0.25, 0.3) is 0 Å². The van der Waals surface area contributed by atoms with Crippen molar-refractivity contribution in [3.8, 4) is 85.1 Å². The molecule has 0 fully saturated rings. The Labute approximate surface area is 678 Å². The lowest BCUT2D eigenvalue weighted by atomic mass is 9.97. The molecule has 3 unspecified atom stereocenters. The van der Waals surface area contributed by atoms with Crippen molar-refractivity contribution in [1.29, 1.82) is 0 Å². The van der Waals surface area contributed by atoms with Gasteiger partial charge in [-0.25, -0.2) is 28.8 Å². The Morgan fingerprint density at radius 3 is 1.07 bits per heavy atom. The number of para-hydroxylation sites is 3. The van der Waals surface area contributed by atoms with Crippen molar-refractivity contribution < 1.29 is 93.9 Å². The van der Waals surface area contributed by atoms with Gasteiger partial charge >= 0.3 is 57.9 Å². The molecule has 0 radical (unpaired) electrons. The molecular formula is C95H71O20P3. The molecule has 3 aliphatic heterocycles. The van der Waals surface area contributed by atoms with Crippen LogP contribution in [0.2, 0.25) is 0 Å². The Balaban J connectivity index is 0.000000146. The van der Waals surface area contributed by atoms with Crippen LogP contribution in [0, 0.1) is 0 Å². The fraction of sp³-hybridized carbons (Fsp3) is 0.0526. The van der Waals surface area contributed by atoms with Gasteiger partial charge in [-0.3, -0.25) is 13.7 Å². The summed E-state index contributed by atoms with van der Waals surface area (Å²) in [7, 11) is -11.8. The van der Waals surface area contributed by atoms with Crippen LogP contribution in [0.25, 0.3) is 65.7 Å². The maximum absolute atomic E-state index is 15.5. The summed E-state index contributed by atoms with van der Waals surface area (Å²) in [5.74, 6) is -1.54. The number of hydrogen-bond acceptors (Lipinski definition) is 20. The van der Waals surface area contributed by atoms with Crippen molar-refractivity contribution in [3.05, 3.63) is 348 Å². The second-order valence-corrected chi connectivity index (χ2v) is 32.9. The molecule has 0 bridgehead atoms. The molecule has 16 rings (SSSR count). The van der Waals surface area contributed by atoms with Crippen molar-refractivity contribution >= 4 is 122 Å². The fourth-order valence-electron chi connectivity index (χ4n) is 13.9. The predicted octanol–water partition coefficient (Wildman–Crippen LogP) is 17.6. The molecule has 0 N–H and O–H groups in total. The summed E-state index contributed by atoms with van der Waals surface area (Å²) < 4.78 is 110. The van der Waals surface area contributed by atoms with Gasteiger partial charge in [-0.1, -0.05) is 252 Å². The van der Waals surface area contributed by atoms with Gasteiger partial charge in [0.05, 0.1) is 31.8 Å². The Hall–Kier alpha value is -14.4. The summed E-state index contributed by atoms with van der Waals surface area (Å²) in [6.07, 6.45) is 6.82. The lowest BCUT2D eigenvalue weighted by Gasteiger charge is -2.31. The maximum Gasteiger partial charge on any atom is 0.335 e. The Morgan fingerprint density at radius 1 is 0.288 bits per heavy atom. The topological polar surface area (TPSA) is 255 Å². The number of fused-ring (bicyclic) bond motifs is 12. The summed E-state index contributed by atoms with van der Waals surface area (Å²) in [6.45, 7) is 20.7. The van der Waals surface area contributed by atoms with E-state index in [1.807, 2.05) is 146 Å². The number of carbonyl (C=O) groups is 6. The van der Waals surface area contributed by atoms with Crippen molar-refractivity contribution in [3.63, 3.8) is 0 Å². The first kappa shape index (κ1) is 80.2. The minimum absolute atomic E-state index is 0.00742. The van der Waals surface area contributed by atoms with E-state index in [2.05, 4.69) is 39.5 Å². The van der Waals surface area contributed by atoms with E-state index in [9.17, 15) is 33.3 Å². The average molecular weight is 1630 g/mol. The molecule has 20 nitrogen and oxygen atoms in total. The van der Waals surface area contributed by atoms with E-state index in [1.165, 1.54) is 12.1 Å². The SMILES string of the molecule is C=CC(=O)OCCOc1cc(P2(=O)Oc3ccccc3-c3ccccc32)c(OCCOC(=O)C=C)c2ccccc12.C=CC(=O)Oc1cc(P2(=O)Oc3c(Cc4ccccc4)cccc3-c3ccccc32)c(OC(=O)C=C)c2ccccc12.C=CC(=O)Oc1cc(P2(=O)Oc3ccccc3-c3ccccc32)c(OC(=O)C=C)c2ccccc12. The molecule has 0 aromatic heterocycles. The van der Waals surface area contributed by atoms with Crippen molar-refractivity contribution in [2.24, 2.45) is 0 Å². The van der Waals surface area contributed by atoms with Crippen LogP contribution >= 0.6 is 22.1 Å². The monoisotopic (exact) mass is 1620 g/mol. The zero-order valence-corrected chi connectivity index (χ0v) is 65.8. The highest BCUT2D eigenvalue weighted by atomic mass is 31.2. The first-order valence-electron chi connectivity index (χ1n) is 36.8. The number of benzene rings is 13. The highest BCUT2D eigenvalue weighted by Crippen LogP contribution is 2.61. The summed E-state index contributed by atoms with van der Waals surface area (Å²) >= 11 is 0. The predicted molar refractivity (Wildman–Crippen MR) is 456 cm³/mol. The third kappa shape index (κ3) is 16.1. The van der Waals surface area contributed by atoms with Gasteiger partial charge in [-0.15, -0.1) is 0 Å². The first-order chi connectivity index (χ1) is 57.3. The molecule has 0 aliphatic carbocycles. The van der Waals surface area contributed by atoms with Crippen LogP contribution in [0.5, 0.6) is 51.7 Å². The van der Waals surface area contributed by atoms with Crippen LogP contribution in [0.3, 0.4) is 0 Å². The molecule has 0 saturated carbocycles. The molecule has 3 heterocycles. The van der Waals surface area contributed by atoms with Crippen LogP contribution in [0.1, 0.15) is 11.1 Å². The summed E-state index contributed by atoms with van der Waals surface area (Å²) in [6, 6.07) is 78.0. The molecule has 23 heteroatoms. The van der Waals surface area contributed by atoms with Crippen molar-refractivity contribution in [2.45, 2.75) is 6.42 Å². The minimum Gasteiger partial charge on any atom is -0.489 e. The van der Waals surface area contributed by atoms with Gasteiger partial charge in [0, 0.05) is 91.9 Å². The Kier molecular flexibility index (Phi) is 23.9. The van der Waals surface area contributed by atoms with Gasteiger partial charge in [-0.2, -0.15) is 0 Å². The van der Waals surface area contributed by atoms with E-state index in [0.717, 1.165) is 81.0 Å². The molecule has 0 saturated heterocycles. The van der Waals surface area contributed by atoms with Gasteiger partial charge in [-0.05, 0) is 76.3 Å². The van der Waals surface area contributed by atoms with Crippen LogP contribution in [-0.2, 0) is 58.4 Å². The molecule has 118 heavy (non-hydrogen) atoms. The molecule has 13 aromatic rings. The van der Waals surface area contributed by atoms with Crippen molar-refractivity contribution in [1.82, 2.24) is 0 Å². The standard InChI is InChI=1S/C35H25O6P.C32H27O8P.C28H19O6P/c1-3-32(36)39-29-22-31(35(40-33(37)4-2)27-18-9-8-16-25(27)29)42(38)30-20-11-10-17-26(30)28-19-12-15-24(34(28)41-42)21-23-13-6-5-7-14-23;1-3-30(33)37-18-17-36-27-21-29(32(25-14-6-5-12-23(25)27)39-20-19-38-31(34)4-2)41(35)28-16-10-8-13-24(28)22-11-7-9-15-26(22)40-41;1-3-26(29)32-23-17-25(28(33-27(30)4-2)21-14-6-5-12-19(21)23)35(31)24-16-10-8-13-20(24)18-11-7-9-15-22(18)34-35/h3-20,22H,1-2,21H2;3-16,21H,1-2,17-20H2;3-17H,1-2H2. The van der Waals surface area contributed by atoms with Gasteiger partial charge in [0.15, 0.2) is 11.5 Å². The fourth-order valence-corrected chi connectivity index (χ4v) is 21.1. The van der Waals surface area contributed by atoms with E-state index in [-0.39, 0.29) is 65.3 Å². The third-order valence-electron chi connectivity index (χ3n) is 19.1. The summed E-state index contributed by atoms with van der Waals surface area (Å²) in [5.41, 5.74) is 6.58. The largest absolute Gasteiger partial charge is 0.489 e. The number of hydrogen-bond donors (Lipinski definition) is 0. The van der Waals surface area contributed by atoms with Crippen LogP contribution < -0.4 is 73.8 Å². The highest BCUT2D eigenvalue weighted by molar-refractivity contribution is 7.76. The normalized spacial score (nSPS) is 15.3. The molecule has 13 aromatic carbocycles. The smallest absolute Gasteiger partial charge is 0.335 e. The van der Waals surface area contributed by atoms with Gasteiger partial charge < -0.3 is 51.5 Å². The quantitative estimate of drug-likeness (QED) is 0.0190. The van der Waals surface area contributed by atoms with Crippen LogP contribution in [-0.4, -0.2) is 62.2 Å². The molecular weight excluding hydrogens is 1550 g/mol. The lowest BCUT2D eigenvalue weighted by Crippen LogP contribution is -2.28. The molecule has 3 atom stereocenters. The highest BCUT2D eigenvalue weighted by Gasteiger charge is 2.46. The molecule has 3 aliphatic rings. The Morgan fingerprint density at radius 2 is 0.619 bits per heavy atom. The number of carbonyl (C=O) groups excluding carboxylic acids is 6. The average Bonchev–Trinajstić information content (AvgIpc) is 0.730. The van der Waals surface area contributed by atoms with E-state index < -0.39 is 57.9 Å². The summed E-state index contributed by atoms with van der Waals surface area (Å²) in [4.78, 5) is 72.5. The maximum atomic E-state index is 15.5. The van der Waals surface area contributed by atoms with E-state index in [0.29, 0.717) is 83.4 Å². The zero-order valence-electron chi connectivity index (χ0n) is 63.1. The first-order valence-corrected chi connectivity index (χ1v) is 41.6. The van der Waals surface area contributed by atoms with E-state index in [1.54, 1.807) is 103 Å². The van der Waals surface area contributed by atoms with E-state index >= 15 is 9.13 Å². The van der Waals surface area contributed by atoms with E-state index in [4.69, 9.17) is 51.5 Å². The lowest BCUT2D eigenvalue weighted by molar-refractivity contribution is -0.139. The zero-order chi connectivity index (χ0) is 82.7. The second kappa shape index (κ2) is 35.1. The minimum atomic E-state index is -4.04. The second-order valence-electron chi connectivity index (χ2n) is 26.2. The third-order valence-corrected chi connectivity index (χ3v) is 26.4. The Bertz CT molecular complexity index is 6440. The number of rotatable bonds is 23. The van der Waals surface area contributed by atoms with Crippen LogP contribution in [0.4, 0.5) is 0 Å². The molecule has 0 amide bonds. The van der Waals surface area contributed by atoms with Gasteiger partial charge in [0.1, 0.15) is 66.7 Å². The van der Waals surface area contributed by atoms with Crippen LogP contribution in [0.15, 0.2) is 337 Å². The van der Waals surface area contributed by atoms with Gasteiger partial charge in [0.2, 0.25) is 0 Å².